The van der Waals surface area contributed by atoms with Gasteiger partial charge in [-0.05, 0) is 24.5 Å². The second-order valence-electron chi connectivity index (χ2n) is 5.99. The molecule has 0 aliphatic carbocycles. The molecule has 5 heteroatoms. The summed E-state index contributed by atoms with van der Waals surface area (Å²) in [5.41, 5.74) is 4.27. The van der Waals surface area contributed by atoms with Gasteiger partial charge in [-0.2, -0.15) is 0 Å². The van der Waals surface area contributed by atoms with E-state index in [-0.39, 0.29) is 11.9 Å². The minimum atomic E-state index is -0.197. The van der Waals surface area contributed by atoms with E-state index in [0.29, 0.717) is 11.4 Å². The Labute approximate surface area is 143 Å². The van der Waals surface area contributed by atoms with Gasteiger partial charge in [0.1, 0.15) is 6.33 Å². The molecule has 0 spiro atoms. The van der Waals surface area contributed by atoms with Crippen LogP contribution in [0.5, 0.6) is 0 Å². The van der Waals surface area contributed by atoms with Gasteiger partial charge in [-0.1, -0.05) is 43.3 Å². The molecule has 5 nitrogen and oxygen atoms in total. The smallest absolute Gasteiger partial charge is 0.272 e. The van der Waals surface area contributed by atoms with Gasteiger partial charge in [0.2, 0.25) is 0 Å². The SMILES string of the molecule is C=C(C)c1ccc([C@H](CC)NC(=O)c2ncncc2N(C)C)cc1. The van der Waals surface area contributed by atoms with E-state index in [9.17, 15) is 4.79 Å². The van der Waals surface area contributed by atoms with Crippen LogP contribution in [0.4, 0.5) is 5.69 Å². The fraction of sp³-hybridized carbons (Fsp3) is 0.316. The second kappa shape index (κ2) is 7.73. The summed E-state index contributed by atoms with van der Waals surface area (Å²) in [6.45, 7) is 7.97. The molecule has 1 atom stereocenters. The molecule has 2 rings (SSSR count). The van der Waals surface area contributed by atoms with E-state index < -0.39 is 0 Å². The maximum absolute atomic E-state index is 12.6. The maximum Gasteiger partial charge on any atom is 0.272 e. The van der Waals surface area contributed by atoms with Crippen LogP contribution in [0, 0.1) is 0 Å². The molecule has 0 aliphatic rings. The number of hydrogen-bond donors (Lipinski definition) is 1. The molecule has 24 heavy (non-hydrogen) atoms. The molecule has 126 valence electrons. The first-order chi connectivity index (χ1) is 11.4. The molecule has 1 aromatic heterocycles. The number of benzene rings is 1. The van der Waals surface area contributed by atoms with Crippen LogP contribution in [0.1, 0.15) is 47.9 Å². The number of carbonyl (C=O) groups excluding carboxylic acids is 1. The molecule has 0 bridgehead atoms. The van der Waals surface area contributed by atoms with Crippen molar-refractivity contribution in [3.63, 3.8) is 0 Å². The van der Waals surface area contributed by atoms with Crippen LogP contribution in [0.2, 0.25) is 0 Å². The number of hydrogen-bond acceptors (Lipinski definition) is 4. The summed E-state index contributed by atoms with van der Waals surface area (Å²) >= 11 is 0. The van der Waals surface area contributed by atoms with E-state index in [1.165, 1.54) is 6.33 Å². The van der Waals surface area contributed by atoms with Crippen LogP contribution >= 0.6 is 0 Å². The fourth-order valence-corrected chi connectivity index (χ4v) is 2.47. The summed E-state index contributed by atoms with van der Waals surface area (Å²) in [5, 5.41) is 3.06. The summed E-state index contributed by atoms with van der Waals surface area (Å²) in [6.07, 6.45) is 3.83. The molecule has 0 saturated heterocycles. The standard InChI is InChI=1S/C19H24N4O/c1-6-16(15-9-7-14(8-10-15)13(2)3)22-19(24)18-17(23(4)5)11-20-12-21-18/h7-12,16H,2,6H2,1,3-5H3,(H,22,24)/t16-/m0/s1. The number of nitrogens with zero attached hydrogens (tertiary/aromatic N) is 3. The van der Waals surface area contributed by atoms with Gasteiger partial charge >= 0.3 is 0 Å². The van der Waals surface area contributed by atoms with E-state index in [0.717, 1.165) is 23.1 Å². The van der Waals surface area contributed by atoms with Crippen LogP contribution in [0.3, 0.4) is 0 Å². The largest absolute Gasteiger partial charge is 0.374 e. The number of amides is 1. The Hall–Kier alpha value is -2.69. The Morgan fingerprint density at radius 1 is 1.29 bits per heavy atom. The summed E-state index contributed by atoms with van der Waals surface area (Å²) < 4.78 is 0. The number of aromatic nitrogens is 2. The fourth-order valence-electron chi connectivity index (χ4n) is 2.47. The van der Waals surface area contributed by atoms with E-state index in [2.05, 4.69) is 21.9 Å². The molecule has 0 radical (unpaired) electrons. The third-order valence-corrected chi connectivity index (χ3v) is 3.91. The number of carbonyl (C=O) groups is 1. The lowest BCUT2D eigenvalue weighted by atomic mass is 10.0. The predicted molar refractivity (Wildman–Crippen MR) is 98.0 cm³/mol. The van der Waals surface area contributed by atoms with Crippen LogP contribution in [0.15, 0.2) is 43.4 Å². The minimum Gasteiger partial charge on any atom is -0.374 e. The predicted octanol–water partition coefficient (Wildman–Crippen LogP) is 3.46. The molecule has 0 saturated carbocycles. The number of allylic oxidation sites excluding steroid dienone is 1. The van der Waals surface area contributed by atoms with Gasteiger partial charge in [0.15, 0.2) is 5.69 Å². The Morgan fingerprint density at radius 3 is 2.50 bits per heavy atom. The highest BCUT2D eigenvalue weighted by molar-refractivity contribution is 5.97. The van der Waals surface area contributed by atoms with Gasteiger partial charge in [0.05, 0.1) is 17.9 Å². The highest BCUT2D eigenvalue weighted by Gasteiger charge is 2.19. The number of nitrogens with one attached hydrogen (secondary N) is 1. The average molecular weight is 324 g/mol. The third kappa shape index (κ3) is 3.98. The molecular formula is C19H24N4O. The summed E-state index contributed by atoms with van der Waals surface area (Å²) in [4.78, 5) is 22.6. The van der Waals surface area contributed by atoms with E-state index in [1.807, 2.05) is 57.1 Å². The zero-order valence-corrected chi connectivity index (χ0v) is 14.7. The van der Waals surface area contributed by atoms with Crippen molar-refractivity contribution < 1.29 is 4.79 Å². The number of anilines is 1. The molecule has 1 aromatic carbocycles. The topological polar surface area (TPSA) is 58.1 Å². The first-order valence-electron chi connectivity index (χ1n) is 7.98. The van der Waals surface area contributed by atoms with Crippen LogP contribution < -0.4 is 10.2 Å². The van der Waals surface area contributed by atoms with Crippen LogP contribution in [-0.2, 0) is 0 Å². The van der Waals surface area contributed by atoms with Crippen molar-refractivity contribution in [2.45, 2.75) is 26.3 Å². The highest BCUT2D eigenvalue weighted by atomic mass is 16.2. The second-order valence-corrected chi connectivity index (χ2v) is 5.99. The average Bonchev–Trinajstić information content (AvgIpc) is 2.59. The molecule has 1 heterocycles. The first kappa shape index (κ1) is 17.7. The minimum absolute atomic E-state index is 0.0679. The van der Waals surface area contributed by atoms with Crippen molar-refractivity contribution >= 4 is 17.2 Å². The lowest BCUT2D eigenvalue weighted by Crippen LogP contribution is -2.30. The molecule has 2 aromatic rings. The van der Waals surface area contributed by atoms with Crippen molar-refractivity contribution in [3.05, 3.63) is 60.2 Å². The molecule has 1 amide bonds. The van der Waals surface area contributed by atoms with Crippen molar-refractivity contribution in [2.24, 2.45) is 0 Å². The normalized spacial score (nSPS) is 11.7. The molecule has 0 unspecified atom stereocenters. The molecule has 1 N–H and O–H groups in total. The van der Waals surface area contributed by atoms with Crippen LogP contribution in [0.25, 0.3) is 5.57 Å². The monoisotopic (exact) mass is 324 g/mol. The highest BCUT2D eigenvalue weighted by Crippen LogP contribution is 2.21. The lowest BCUT2D eigenvalue weighted by molar-refractivity contribution is 0.0931. The summed E-state index contributed by atoms with van der Waals surface area (Å²) in [5.74, 6) is -0.197. The molecular weight excluding hydrogens is 300 g/mol. The zero-order chi connectivity index (χ0) is 17.7. The summed E-state index contributed by atoms with van der Waals surface area (Å²) in [7, 11) is 3.73. The first-order valence-corrected chi connectivity index (χ1v) is 7.98. The van der Waals surface area contributed by atoms with Gasteiger partial charge < -0.3 is 10.2 Å². The lowest BCUT2D eigenvalue weighted by Gasteiger charge is -2.20. The maximum atomic E-state index is 12.6. The van der Waals surface area contributed by atoms with E-state index >= 15 is 0 Å². The van der Waals surface area contributed by atoms with Crippen LogP contribution in [-0.4, -0.2) is 30.0 Å². The van der Waals surface area contributed by atoms with E-state index in [4.69, 9.17) is 0 Å². The van der Waals surface area contributed by atoms with Crippen molar-refractivity contribution in [3.8, 4) is 0 Å². The van der Waals surface area contributed by atoms with Gasteiger partial charge in [-0.15, -0.1) is 0 Å². The Morgan fingerprint density at radius 2 is 1.96 bits per heavy atom. The van der Waals surface area contributed by atoms with Gasteiger partial charge in [-0.3, -0.25) is 4.79 Å². The van der Waals surface area contributed by atoms with Crippen molar-refractivity contribution in [1.29, 1.82) is 0 Å². The molecule has 0 fully saturated rings. The van der Waals surface area contributed by atoms with Gasteiger partial charge in [0, 0.05) is 14.1 Å². The van der Waals surface area contributed by atoms with Crippen molar-refractivity contribution in [1.82, 2.24) is 15.3 Å². The van der Waals surface area contributed by atoms with Gasteiger partial charge in [0.25, 0.3) is 5.91 Å². The Kier molecular flexibility index (Phi) is 5.68. The van der Waals surface area contributed by atoms with E-state index in [1.54, 1.807) is 6.20 Å². The molecule has 0 aliphatic heterocycles. The zero-order valence-electron chi connectivity index (χ0n) is 14.7. The Balaban J connectivity index is 2.21. The quantitative estimate of drug-likeness (QED) is 0.884. The summed E-state index contributed by atoms with van der Waals surface area (Å²) in [6, 6.07) is 8.06. The van der Waals surface area contributed by atoms with Gasteiger partial charge in [-0.25, -0.2) is 9.97 Å². The number of rotatable bonds is 6. The van der Waals surface area contributed by atoms with Crippen molar-refractivity contribution in [2.75, 3.05) is 19.0 Å². The Bertz CT molecular complexity index is 722. The third-order valence-electron chi connectivity index (χ3n) is 3.91.